The zero-order valence-corrected chi connectivity index (χ0v) is 13.7. The number of ketones is 1. The molecule has 25 heavy (non-hydrogen) atoms. The molecular formula is C19H18N2O4. The maximum atomic E-state index is 12.6. The van der Waals surface area contributed by atoms with Crippen molar-refractivity contribution in [3.05, 3.63) is 65.5 Å². The smallest absolute Gasteiger partial charge is 0.295 e. The van der Waals surface area contributed by atoms with E-state index in [1.165, 1.54) is 29.4 Å². The average molecular weight is 338 g/mol. The molecule has 1 fully saturated rings. The summed E-state index contributed by atoms with van der Waals surface area (Å²) in [6.45, 7) is 2.30. The summed E-state index contributed by atoms with van der Waals surface area (Å²) in [6, 6.07) is 8.76. The number of pyridine rings is 1. The molecule has 128 valence electrons. The highest BCUT2D eigenvalue weighted by molar-refractivity contribution is 6.46. The van der Waals surface area contributed by atoms with Gasteiger partial charge in [0.15, 0.2) is 0 Å². The lowest BCUT2D eigenvalue weighted by Gasteiger charge is -2.24. The number of likely N-dealkylation sites (tertiary alicyclic amines) is 1. The van der Waals surface area contributed by atoms with Crippen LogP contribution in [-0.4, -0.2) is 38.3 Å². The fraction of sp³-hybridized carbons (Fsp3) is 0.211. The minimum absolute atomic E-state index is 0.0512. The number of benzene rings is 1. The third kappa shape index (κ3) is 2.98. The van der Waals surface area contributed by atoms with E-state index in [0.29, 0.717) is 24.1 Å². The first-order chi connectivity index (χ1) is 12.0. The van der Waals surface area contributed by atoms with Gasteiger partial charge in [0, 0.05) is 24.5 Å². The lowest BCUT2D eigenvalue weighted by atomic mass is 9.95. The molecule has 1 aromatic heterocycles. The van der Waals surface area contributed by atoms with Crippen molar-refractivity contribution in [1.29, 1.82) is 0 Å². The van der Waals surface area contributed by atoms with Gasteiger partial charge in [-0.15, -0.1) is 0 Å². The first kappa shape index (κ1) is 16.7. The molecule has 1 aliphatic heterocycles. The molecule has 2 aromatic rings. The fourth-order valence-corrected chi connectivity index (χ4v) is 3.02. The third-order valence-electron chi connectivity index (χ3n) is 4.17. The molecule has 1 unspecified atom stereocenters. The van der Waals surface area contributed by atoms with Gasteiger partial charge >= 0.3 is 0 Å². The first-order valence-corrected chi connectivity index (χ1v) is 8.02. The van der Waals surface area contributed by atoms with Crippen molar-refractivity contribution in [3.8, 4) is 5.75 Å². The van der Waals surface area contributed by atoms with Crippen molar-refractivity contribution in [2.24, 2.45) is 0 Å². The Hall–Kier alpha value is -3.15. The van der Waals surface area contributed by atoms with E-state index < -0.39 is 17.7 Å². The molecule has 6 nitrogen and oxygen atoms in total. The molecule has 1 aliphatic rings. The van der Waals surface area contributed by atoms with Crippen LogP contribution in [0, 0.1) is 0 Å². The summed E-state index contributed by atoms with van der Waals surface area (Å²) >= 11 is 0. The van der Waals surface area contributed by atoms with Gasteiger partial charge in [-0.3, -0.25) is 14.6 Å². The Morgan fingerprint density at radius 3 is 2.36 bits per heavy atom. The highest BCUT2D eigenvalue weighted by Gasteiger charge is 2.45. The van der Waals surface area contributed by atoms with Crippen LogP contribution in [0.5, 0.6) is 5.75 Å². The number of carbonyl (C=O) groups is 2. The van der Waals surface area contributed by atoms with Crippen molar-refractivity contribution < 1.29 is 19.8 Å². The van der Waals surface area contributed by atoms with Crippen LogP contribution in [0.4, 0.5) is 0 Å². The minimum atomic E-state index is -0.708. The zero-order valence-electron chi connectivity index (χ0n) is 13.7. The number of hydrogen-bond donors (Lipinski definition) is 2. The predicted octanol–water partition coefficient (Wildman–Crippen LogP) is 2.62. The summed E-state index contributed by atoms with van der Waals surface area (Å²) in [4.78, 5) is 30.4. The van der Waals surface area contributed by atoms with Gasteiger partial charge in [-0.05, 0) is 36.2 Å². The monoisotopic (exact) mass is 338 g/mol. The zero-order chi connectivity index (χ0) is 18.0. The van der Waals surface area contributed by atoms with Crippen molar-refractivity contribution in [2.75, 3.05) is 6.54 Å². The van der Waals surface area contributed by atoms with E-state index in [1.807, 2.05) is 6.92 Å². The Labute approximate surface area is 145 Å². The van der Waals surface area contributed by atoms with Crippen LogP contribution in [0.3, 0.4) is 0 Å². The number of aromatic hydroxyl groups is 1. The lowest BCUT2D eigenvalue weighted by Crippen LogP contribution is -2.30. The van der Waals surface area contributed by atoms with Crippen molar-refractivity contribution >= 4 is 17.4 Å². The van der Waals surface area contributed by atoms with Crippen LogP contribution in [-0.2, 0) is 9.59 Å². The van der Waals surface area contributed by atoms with Crippen molar-refractivity contribution in [1.82, 2.24) is 9.88 Å². The van der Waals surface area contributed by atoms with Gasteiger partial charge in [0.1, 0.15) is 11.5 Å². The molecule has 1 aromatic carbocycles. The van der Waals surface area contributed by atoms with Gasteiger partial charge in [0.05, 0.1) is 11.6 Å². The molecule has 1 atom stereocenters. The SMILES string of the molecule is CCCN1C(=O)C(=O)/C(=C(\O)c2ccncc2)C1c1ccc(O)cc1. The second kappa shape index (κ2) is 6.76. The Morgan fingerprint density at radius 2 is 1.76 bits per heavy atom. The van der Waals surface area contributed by atoms with Crippen LogP contribution in [0.1, 0.15) is 30.5 Å². The number of nitrogens with zero attached hydrogens (tertiary/aromatic N) is 2. The third-order valence-corrected chi connectivity index (χ3v) is 4.17. The van der Waals surface area contributed by atoms with E-state index >= 15 is 0 Å². The second-order valence-corrected chi connectivity index (χ2v) is 5.82. The number of rotatable bonds is 4. The maximum Gasteiger partial charge on any atom is 0.295 e. The highest BCUT2D eigenvalue weighted by atomic mass is 16.3. The molecule has 3 rings (SSSR count). The van der Waals surface area contributed by atoms with Crippen LogP contribution >= 0.6 is 0 Å². The Balaban J connectivity index is 2.18. The lowest BCUT2D eigenvalue weighted by molar-refractivity contribution is -0.139. The second-order valence-electron chi connectivity index (χ2n) is 5.82. The molecule has 0 spiro atoms. The van der Waals surface area contributed by atoms with Crippen LogP contribution < -0.4 is 0 Å². The standard InChI is InChI=1S/C19H18N2O4/c1-2-11-21-16(12-3-5-14(22)6-4-12)15(18(24)19(21)25)17(23)13-7-9-20-10-8-13/h3-10,16,22-23H,2,11H2,1H3/b17-15-. The topological polar surface area (TPSA) is 90.7 Å². The quantitative estimate of drug-likeness (QED) is 0.508. The normalized spacial score (nSPS) is 19.4. The molecule has 2 heterocycles. The van der Waals surface area contributed by atoms with Crippen molar-refractivity contribution in [2.45, 2.75) is 19.4 Å². The summed E-state index contributed by atoms with van der Waals surface area (Å²) in [5, 5.41) is 20.2. The van der Waals surface area contributed by atoms with Gasteiger partial charge < -0.3 is 15.1 Å². The first-order valence-electron chi connectivity index (χ1n) is 8.02. The van der Waals surface area contributed by atoms with Gasteiger partial charge in [-0.25, -0.2) is 0 Å². The predicted molar refractivity (Wildman–Crippen MR) is 91.6 cm³/mol. The van der Waals surface area contributed by atoms with Crippen molar-refractivity contribution in [3.63, 3.8) is 0 Å². The van der Waals surface area contributed by atoms with Crippen LogP contribution in [0.15, 0.2) is 54.4 Å². The summed E-state index contributed by atoms with van der Waals surface area (Å²) in [7, 11) is 0. The van der Waals surface area contributed by atoms with E-state index in [0.717, 1.165) is 0 Å². The van der Waals surface area contributed by atoms with Crippen LogP contribution in [0.2, 0.25) is 0 Å². The summed E-state index contributed by atoms with van der Waals surface area (Å²) in [5.41, 5.74) is 1.13. The highest BCUT2D eigenvalue weighted by Crippen LogP contribution is 2.39. The molecule has 1 amide bonds. The summed E-state index contributed by atoms with van der Waals surface area (Å²) < 4.78 is 0. The summed E-state index contributed by atoms with van der Waals surface area (Å²) in [6.07, 6.45) is 3.69. The van der Waals surface area contributed by atoms with Gasteiger partial charge in [0.25, 0.3) is 11.7 Å². The largest absolute Gasteiger partial charge is 0.508 e. The Kier molecular flexibility index (Phi) is 4.52. The molecule has 6 heteroatoms. The minimum Gasteiger partial charge on any atom is -0.508 e. The fourth-order valence-electron chi connectivity index (χ4n) is 3.02. The van der Waals surface area contributed by atoms with Gasteiger partial charge in [-0.1, -0.05) is 19.1 Å². The molecule has 0 aliphatic carbocycles. The van der Waals surface area contributed by atoms with E-state index in [1.54, 1.807) is 24.3 Å². The Bertz CT molecular complexity index is 828. The molecule has 1 saturated heterocycles. The summed E-state index contributed by atoms with van der Waals surface area (Å²) in [5.74, 6) is -1.47. The van der Waals surface area contributed by atoms with E-state index in [2.05, 4.69) is 4.98 Å². The molecule has 0 bridgehead atoms. The van der Waals surface area contributed by atoms with Gasteiger partial charge in [0.2, 0.25) is 0 Å². The molecule has 0 radical (unpaired) electrons. The number of phenols is 1. The van der Waals surface area contributed by atoms with Crippen LogP contribution in [0.25, 0.3) is 5.76 Å². The van der Waals surface area contributed by atoms with E-state index in [-0.39, 0.29) is 17.1 Å². The Morgan fingerprint density at radius 1 is 1.12 bits per heavy atom. The number of amides is 1. The molecule has 0 saturated carbocycles. The van der Waals surface area contributed by atoms with Gasteiger partial charge in [-0.2, -0.15) is 0 Å². The molecule has 2 N–H and O–H groups in total. The number of aromatic nitrogens is 1. The number of hydrogen-bond acceptors (Lipinski definition) is 5. The number of phenolic OH excluding ortho intramolecular Hbond substituents is 1. The number of aliphatic hydroxyl groups is 1. The number of Topliss-reactive ketones (excluding diaryl/α,β-unsaturated/α-hetero) is 1. The average Bonchev–Trinajstić information content (AvgIpc) is 2.88. The maximum absolute atomic E-state index is 12.6. The number of carbonyl (C=O) groups excluding carboxylic acids is 2. The molecular weight excluding hydrogens is 320 g/mol. The number of aliphatic hydroxyl groups excluding tert-OH is 1. The van der Waals surface area contributed by atoms with E-state index in [4.69, 9.17) is 0 Å². The van der Waals surface area contributed by atoms with E-state index in [9.17, 15) is 19.8 Å².